The molecule has 0 saturated carbocycles. The van der Waals surface area contributed by atoms with Gasteiger partial charge in [-0.15, -0.1) is 0 Å². The number of hydrogen-bond donors (Lipinski definition) is 1. The zero-order valence-corrected chi connectivity index (χ0v) is 17.5. The van der Waals surface area contributed by atoms with Gasteiger partial charge in [-0.05, 0) is 32.8 Å². The van der Waals surface area contributed by atoms with Crippen LogP contribution >= 0.6 is 0 Å². The Kier molecular flexibility index (Phi) is 8.55. The van der Waals surface area contributed by atoms with Crippen molar-refractivity contribution in [3.05, 3.63) is 35.9 Å². The van der Waals surface area contributed by atoms with Crippen LogP contribution in [0.4, 0.5) is 0 Å². The van der Waals surface area contributed by atoms with Gasteiger partial charge in [-0.25, -0.2) is 0 Å². The molecule has 1 atom stereocenters. The number of benzene rings is 1. The average molecular weight is 362 g/mol. The maximum Gasteiger partial charge on any atom is 0.0639 e. The summed E-state index contributed by atoms with van der Waals surface area (Å²) in [6.45, 7) is 18.6. The van der Waals surface area contributed by atoms with Crippen LogP contribution in [0.5, 0.6) is 0 Å². The van der Waals surface area contributed by atoms with E-state index in [2.05, 4.69) is 80.1 Å². The van der Waals surface area contributed by atoms with Crippen molar-refractivity contribution in [1.82, 2.24) is 15.1 Å². The van der Waals surface area contributed by atoms with Crippen LogP contribution in [0.15, 0.2) is 30.3 Å². The molecule has 1 unspecified atom stereocenters. The highest BCUT2D eigenvalue weighted by Gasteiger charge is 2.23. The molecule has 0 amide bonds. The molecule has 2 rings (SSSR count). The lowest BCUT2D eigenvalue weighted by molar-refractivity contribution is -0.0394. The van der Waals surface area contributed by atoms with Crippen LogP contribution in [-0.4, -0.2) is 66.8 Å². The molecule has 0 aliphatic carbocycles. The predicted molar refractivity (Wildman–Crippen MR) is 111 cm³/mol. The van der Waals surface area contributed by atoms with E-state index in [1.54, 1.807) is 0 Å². The van der Waals surface area contributed by atoms with E-state index in [4.69, 9.17) is 4.74 Å². The number of nitrogens with zero attached hydrogens (tertiary/aromatic N) is 2. The molecule has 1 aromatic rings. The minimum absolute atomic E-state index is 0.0614. The van der Waals surface area contributed by atoms with Crippen LogP contribution in [0.2, 0.25) is 0 Å². The first-order chi connectivity index (χ1) is 12.3. The van der Waals surface area contributed by atoms with E-state index in [-0.39, 0.29) is 5.60 Å². The fourth-order valence-electron chi connectivity index (χ4n) is 3.48. The number of hydrogen-bond acceptors (Lipinski definition) is 4. The van der Waals surface area contributed by atoms with Gasteiger partial charge in [-0.1, -0.05) is 44.2 Å². The number of nitrogens with one attached hydrogen (secondary N) is 1. The van der Waals surface area contributed by atoms with Gasteiger partial charge >= 0.3 is 0 Å². The molecule has 1 aliphatic rings. The Hall–Kier alpha value is -0.940. The van der Waals surface area contributed by atoms with Crippen molar-refractivity contribution >= 4 is 0 Å². The highest BCUT2D eigenvalue weighted by molar-refractivity contribution is 5.14. The van der Waals surface area contributed by atoms with Gasteiger partial charge in [0.25, 0.3) is 0 Å². The third kappa shape index (κ3) is 8.17. The molecule has 0 aromatic heterocycles. The van der Waals surface area contributed by atoms with Crippen LogP contribution in [0.1, 0.15) is 46.6 Å². The molecule has 1 saturated heterocycles. The minimum Gasteiger partial charge on any atom is -0.374 e. The standard InChI is InChI=1S/C22H39N3O/c1-19(2)23-20(3)18-26-22(4,5)11-12-24-13-15-25(16-14-24)17-21-9-7-6-8-10-21/h6-10,19-20,23H,11-18H2,1-5H3. The molecule has 26 heavy (non-hydrogen) atoms. The first kappa shape index (κ1) is 21.4. The zero-order valence-electron chi connectivity index (χ0n) is 17.5. The highest BCUT2D eigenvalue weighted by atomic mass is 16.5. The summed E-state index contributed by atoms with van der Waals surface area (Å²) in [5.74, 6) is 0. The molecule has 1 aromatic carbocycles. The monoisotopic (exact) mass is 361 g/mol. The van der Waals surface area contributed by atoms with Gasteiger partial charge in [0, 0.05) is 51.4 Å². The molecule has 148 valence electrons. The van der Waals surface area contributed by atoms with Crippen molar-refractivity contribution in [3.63, 3.8) is 0 Å². The number of rotatable bonds is 10. The van der Waals surface area contributed by atoms with Crippen molar-refractivity contribution in [2.24, 2.45) is 0 Å². The summed E-state index contributed by atoms with van der Waals surface area (Å²) in [7, 11) is 0. The van der Waals surface area contributed by atoms with E-state index >= 15 is 0 Å². The van der Waals surface area contributed by atoms with Gasteiger partial charge in [0.15, 0.2) is 0 Å². The Balaban J connectivity index is 1.64. The summed E-state index contributed by atoms with van der Waals surface area (Å²) in [5, 5.41) is 3.50. The van der Waals surface area contributed by atoms with E-state index in [1.165, 1.54) is 5.56 Å². The predicted octanol–water partition coefficient (Wildman–Crippen LogP) is 3.38. The fourth-order valence-corrected chi connectivity index (χ4v) is 3.48. The summed E-state index contributed by atoms with van der Waals surface area (Å²) < 4.78 is 6.18. The van der Waals surface area contributed by atoms with Gasteiger partial charge < -0.3 is 15.0 Å². The second-order valence-electron chi connectivity index (χ2n) is 8.65. The molecule has 4 nitrogen and oxygen atoms in total. The third-order valence-electron chi connectivity index (χ3n) is 5.09. The number of ether oxygens (including phenoxy) is 1. The van der Waals surface area contributed by atoms with Crippen LogP contribution in [0, 0.1) is 0 Å². The lowest BCUT2D eigenvalue weighted by Crippen LogP contribution is -2.47. The quantitative estimate of drug-likeness (QED) is 0.691. The van der Waals surface area contributed by atoms with Gasteiger partial charge in [-0.2, -0.15) is 0 Å². The van der Waals surface area contributed by atoms with Crippen LogP contribution in [0.25, 0.3) is 0 Å². The summed E-state index contributed by atoms with van der Waals surface area (Å²) >= 11 is 0. The molecular formula is C22H39N3O. The van der Waals surface area contributed by atoms with Gasteiger partial charge in [-0.3, -0.25) is 4.90 Å². The van der Waals surface area contributed by atoms with Crippen molar-refractivity contribution in [1.29, 1.82) is 0 Å². The zero-order chi connectivity index (χ0) is 19.0. The minimum atomic E-state index is -0.0614. The molecule has 0 bridgehead atoms. The molecule has 1 heterocycles. The van der Waals surface area contributed by atoms with Crippen molar-refractivity contribution in [2.45, 2.75) is 65.3 Å². The van der Waals surface area contributed by atoms with Gasteiger partial charge in [0.05, 0.1) is 12.2 Å². The molecular weight excluding hydrogens is 322 g/mol. The Bertz CT molecular complexity index is 495. The average Bonchev–Trinajstić information content (AvgIpc) is 2.60. The van der Waals surface area contributed by atoms with E-state index in [1.807, 2.05) is 0 Å². The van der Waals surface area contributed by atoms with E-state index in [9.17, 15) is 0 Å². The smallest absolute Gasteiger partial charge is 0.0639 e. The Labute approximate surface area is 160 Å². The highest BCUT2D eigenvalue weighted by Crippen LogP contribution is 2.17. The summed E-state index contributed by atoms with van der Waals surface area (Å²) in [5.41, 5.74) is 1.35. The first-order valence-corrected chi connectivity index (χ1v) is 10.2. The largest absolute Gasteiger partial charge is 0.374 e. The number of piperazine rings is 1. The molecule has 0 spiro atoms. The van der Waals surface area contributed by atoms with E-state index in [0.717, 1.165) is 52.3 Å². The van der Waals surface area contributed by atoms with E-state index < -0.39 is 0 Å². The van der Waals surface area contributed by atoms with Crippen molar-refractivity contribution in [3.8, 4) is 0 Å². The molecule has 0 radical (unpaired) electrons. The Morgan fingerprint density at radius 3 is 2.23 bits per heavy atom. The van der Waals surface area contributed by atoms with Gasteiger partial charge in [0.2, 0.25) is 0 Å². The molecule has 1 aliphatic heterocycles. The second-order valence-corrected chi connectivity index (χ2v) is 8.65. The van der Waals surface area contributed by atoms with Crippen LogP contribution < -0.4 is 5.32 Å². The van der Waals surface area contributed by atoms with Gasteiger partial charge in [0.1, 0.15) is 0 Å². The first-order valence-electron chi connectivity index (χ1n) is 10.2. The summed E-state index contributed by atoms with van der Waals surface area (Å²) in [6.07, 6.45) is 1.08. The van der Waals surface area contributed by atoms with Crippen LogP contribution in [-0.2, 0) is 11.3 Å². The Morgan fingerprint density at radius 2 is 1.62 bits per heavy atom. The lowest BCUT2D eigenvalue weighted by atomic mass is 10.0. The second kappa shape index (κ2) is 10.4. The molecule has 1 N–H and O–H groups in total. The van der Waals surface area contributed by atoms with E-state index in [0.29, 0.717) is 12.1 Å². The van der Waals surface area contributed by atoms with Crippen LogP contribution in [0.3, 0.4) is 0 Å². The SMILES string of the molecule is CC(C)NC(C)COC(C)(C)CCN1CCN(Cc2ccccc2)CC1. The summed E-state index contributed by atoms with van der Waals surface area (Å²) in [4.78, 5) is 5.15. The Morgan fingerprint density at radius 1 is 1.00 bits per heavy atom. The molecule has 1 fully saturated rings. The van der Waals surface area contributed by atoms with Crippen molar-refractivity contribution in [2.75, 3.05) is 39.3 Å². The third-order valence-corrected chi connectivity index (χ3v) is 5.09. The fraction of sp³-hybridized carbons (Fsp3) is 0.727. The maximum absolute atomic E-state index is 6.18. The van der Waals surface area contributed by atoms with Crippen molar-refractivity contribution < 1.29 is 4.74 Å². The maximum atomic E-state index is 6.18. The topological polar surface area (TPSA) is 27.7 Å². The normalized spacial score (nSPS) is 18.4. The molecule has 4 heteroatoms. The summed E-state index contributed by atoms with van der Waals surface area (Å²) in [6, 6.07) is 11.7. The lowest BCUT2D eigenvalue weighted by Gasteiger charge is -2.36.